The van der Waals surface area contributed by atoms with Crippen LogP contribution >= 0.6 is 23.7 Å². The number of hydrogen-bond acceptors (Lipinski definition) is 6. The average molecular weight is 481 g/mol. The molecule has 174 valence electrons. The molecule has 4 rings (SSSR count). The van der Waals surface area contributed by atoms with Gasteiger partial charge in [-0.25, -0.2) is 9.18 Å². The smallest absolute Gasteiger partial charge is 0.329 e. The van der Waals surface area contributed by atoms with Crippen molar-refractivity contribution >= 4 is 35.5 Å². The number of thiophene rings is 1. The Morgan fingerprint density at radius 3 is 2.69 bits per heavy atom. The lowest BCUT2D eigenvalue weighted by Gasteiger charge is -2.34. The summed E-state index contributed by atoms with van der Waals surface area (Å²) >= 11 is 1.46. The summed E-state index contributed by atoms with van der Waals surface area (Å²) in [4.78, 5) is 28.7. The maximum Gasteiger partial charge on any atom is 0.329 e. The number of ketones is 1. The molecule has 1 aromatic heterocycles. The van der Waals surface area contributed by atoms with E-state index < -0.39 is 18.1 Å². The third kappa shape index (κ3) is 5.22. The average Bonchev–Trinajstić information content (AvgIpc) is 3.54. The quantitative estimate of drug-likeness (QED) is 0.556. The molecular weight excluding hydrogens is 451 g/mol. The number of hydrogen-bond donors (Lipinski definition) is 1. The minimum absolute atomic E-state index is 0. The van der Waals surface area contributed by atoms with Gasteiger partial charge in [0.1, 0.15) is 11.9 Å². The predicted octanol–water partition coefficient (Wildman–Crippen LogP) is 4.67. The maximum absolute atomic E-state index is 14.6. The van der Waals surface area contributed by atoms with Crippen LogP contribution in [0.25, 0.3) is 0 Å². The first-order chi connectivity index (χ1) is 14.9. The highest BCUT2D eigenvalue weighted by Gasteiger charge is 2.40. The normalized spacial score (nSPS) is 18.8. The molecule has 0 saturated heterocycles. The van der Waals surface area contributed by atoms with E-state index in [0.717, 1.165) is 36.1 Å². The van der Waals surface area contributed by atoms with Crippen LogP contribution in [0, 0.1) is 17.7 Å². The molecule has 1 fully saturated rings. The molecule has 2 aliphatic rings. The third-order valence-electron chi connectivity index (χ3n) is 6.42. The molecule has 1 saturated carbocycles. The minimum atomic E-state index is -0.651. The molecule has 0 spiro atoms. The summed E-state index contributed by atoms with van der Waals surface area (Å²) in [6.07, 6.45) is 3.31. The van der Waals surface area contributed by atoms with Crippen molar-refractivity contribution in [3.63, 3.8) is 0 Å². The van der Waals surface area contributed by atoms with Crippen LogP contribution in [-0.4, -0.2) is 29.2 Å². The van der Waals surface area contributed by atoms with Gasteiger partial charge >= 0.3 is 5.97 Å². The topological polar surface area (TPSA) is 72.6 Å². The fraction of sp³-hybridized carbons (Fsp3) is 0.500. The molecule has 3 atom stereocenters. The van der Waals surface area contributed by atoms with E-state index in [-0.39, 0.29) is 35.8 Å². The Labute approximate surface area is 198 Å². The molecule has 3 unspecified atom stereocenters. The monoisotopic (exact) mass is 480 g/mol. The Bertz CT molecular complexity index is 978. The van der Waals surface area contributed by atoms with Crippen LogP contribution in [-0.2, 0) is 22.6 Å². The van der Waals surface area contributed by atoms with Gasteiger partial charge in [0.15, 0.2) is 10.8 Å². The zero-order valence-corrected chi connectivity index (χ0v) is 20.0. The van der Waals surface area contributed by atoms with E-state index in [2.05, 4.69) is 4.90 Å². The van der Waals surface area contributed by atoms with E-state index in [9.17, 15) is 14.0 Å². The summed E-state index contributed by atoms with van der Waals surface area (Å²) in [5.74, 6) is -0.571. The largest absolute Gasteiger partial charge is 0.414 e. The summed E-state index contributed by atoms with van der Waals surface area (Å²) in [7, 11) is 0. The standard InChI is InChI=1S/C24H29FN2O3S.ClH/c1-3-14(2)21(26)24(29)30-20-12-16-13-27(11-10-19(16)31-20)22(23(28)15-8-9-15)17-6-4-5-7-18(17)25;/h4-7,12,14-15,21-22H,3,8-11,13,26H2,1-2H3;1H. The Morgan fingerprint density at radius 1 is 1.31 bits per heavy atom. The first kappa shape index (κ1) is 24.8. The van der Waals surface area contributed by atoms with Gasteiger partial charge in [-0.05, 0) is 42.9 Å². The Balaban J connectivity index is 0.00000289. The van der Waals surface area contributed by atoms with Gasteiger partial charge in [-0.3, -0.25) is 9.69 Å². The number of carbonyl (C=O) groups excluding carboxylic acids is 2. The minimum Gasteiger partial charge on any atom is -0.414 e. The molecule has 1 aliphatic heterocycles. The van der Waals surface area contributed by atoms with Gasteiger partial charge < -0.3 is 10.5 Å². The van der Waals surface area contributed by atoms with Gasteiger partial charge in [-0.1, -0.05) is 38.5 Å². The van der Waals surface area contributed by atoms with Gasteiger partial charge in [-0.15, -0.1) is 23.7 Å². The second-order valence-electron chi connectivity index (χ2n) is 8.67. The Morgan fingerprint density at radius 2 is 2.03 bits per heavy atom. The summed E-state index contributed by atoms with van der Waals surface area (Å²) in [5.41, 5.74) is 7.48. The molecule has 8 heteroatoms. The van der Waals surface area contributed by atoms with Gasteiger partial charge in [-0.2, -0.15) is 0 Å². The third-order valence-corrected chi connectivity index (χ3v) is 7.53. The van der Waals surface area contributed by atoms with Crippen molar-refractivity contribution in [1.82, 2.24) is 4.90 Å². The van der Waals surface area contributed by atoms with E-state index in [0.29, 0.717) is 23.7 Å². The van der Waals surface area contributed by atoms with Crippen LogP contribution in [0.15, 0.2) is 30.3 Å². The highest BCUT2D eigenvalue weighted by molar-refractivity contribution is 7.14. The van der Waals surface area contributed by atoms with Gasteiger partial charge in [0.25, 0.3) is 0 Å². The van der Waals surface area contributed by atoms with Crippen molar-refractivity contribution in [2.24, 2.45) is 17.6 Å². The maximum atomic E-state index is 14.6. The SMILES string of the molecule is CCC(C)C(N)C(=O)Oc1cc2c(s1)CCN(C(C(=O)C1CC1)c1ccccc1F)C2.Cl. The number of carbonyl (C=O) groups is 2. The van der Waals surface area contributed by atoms with Crippen LogP contribution in [0.4, 0.5) is 4.39 Å². The molecular formula is C24H30ClFN2O3S. The zero-order chi connectivity index (χ0) is 22.1. The summed E-state index contributed by atoms with van der Waals surface area (Å²) in [6.45, 7) is 5.11. The first-order valence-corrected chi connectivity index (χ1v) is 11.8. The molecule has 32 heavy (non-hydrogen) atoms. The Hall–Kier alpha value is -1.80. The van der Waals surface area contributed by atoms with E-state index in [1.807, 2.05) is 19.9 Å². The number of fused-ring (bicyclic) bond motifs is 1. The lowest BCUT2D eigenvalue weighted by molar-refractivity contribution is -0.136. The summed E-state index contributed by atoms with van der Waals surface area (Å²) < 4.78 is 20.2. The van der Waals surface area contributed by atoms with E-state index in [4.69, 9.17) is 10.5 Å². The number of Topliss-reactive ketones (excluding diaryl/α,β-unsaturated/α-hetero) is 1. The fourth-order valence-electron chi connectivity index (χ4n) is 4.07. The number of benzene rings is 1. The molecule has 2 N–H and O–H groups in total. The van der Waals surface area contributed by atoms with Crippen LogP contribution in [0.2, 0.25) is 0 Å². The summed E-state index contributed by atoms with van der Waals surface area (Å²) in [6, 6.07) is 7.20. The van der Waals surface area contributed by atoms with Crippen LogP contribution < -0.4 is 10.5 Å². The van der Waals surface area contributed by atoms with E-state index in [1.54, 1.807) is 18.2 Å². The van der Waals surface area contributed by atoms with Crippen molar-refractivity contribution in [2.45, 2.75) is 58.2 Å². The predicted molar refractivity (Wildman–Crippen MR) is 126 cm³/mol. The zero-order valence-electron chi connectivity index (χ0n) is 18.4. The van der Waals surface area contributed by atoms with Crippen molar-refractivity contribution in [3.8, 4) is 5.06 Å². The van der Waals surface area contributed by atoms with Gasteiger partial charge in [0.05, 0.1) is 6.04 Å². The molecule has 2 heterocycles. The van der Waals surface area contributed by atoms with E-state index in [1.165, 1.54) is 17.4 Å². The molecule has 0 radical (unpaired) electrons. The van der Waals surface area contributed by atoms with Crippen molar-refractivity contribution in [3.05, 3.63) is 52.2 Å². The lowest BCUT2D eigenvalue weighted by Crippen LogP contribution is -2.39. The highest BCUT2D eigenvalue weighted by Crippen LogP contribution is 2.41. The molecule has 0 bridgehead atoms. The lowest BCUT2D eigenvalue weighted by atomic mass is 9.95. The number of rotatable bonds is 8. The second kappa shape index (κ2) is 10.4. The molecule has 0 amide bonds. The highest BCUT2D eigenvalue weighted by atomic mass is 35.5. The number of nitrogens with zero attached hydrogens (tertiary/aromatic N) is 1. The van der Waals surface area contributed by atoms with E-state index >= 15 is 0 Å². The van der Waals surface area contributed by atoms with Crippen molar-refractivity contribution in [2.75, 3.05) is 6.54 Å². The molecule has 1 aliphatic carbocycles. The van der Waals surface area contributed by atoms with Crippen LogP contribution in [0.1, 0.15) is 55.2 Å². The second-order valence-corrected chi connectivity index (χ2v) is 9.77. The number of ether oxygens (including phenoxy) is 1. The van der Waals surface area contributed by atoms with Crippen LogP contribution in [0.3, 0.4) is 0 Å². The van der Waals surface area contributed by atoms with Crippen LogP contribution in [0.5, 0.6) is 5.06 Å². The number of nitrogens with two attached hydrogens (primary N) is 1. The van der Waals surface area contributed by atoms with Gasteiger partial charge in [0.2, 0.25) is 0 Å². The number of esters is 1. The molecule has 2 aromatic rings. The molecule has 1 aromatic carbocycles. The van der Waals surface area contributed by atoms with Gasteiger partial charge in [0, 0.05) is 29.4 Å². The first-order valence-electron chi connectivity index (χ1n) is 11.0. The number of halogens is 2. The summed E-state index contributed by atoms with van der Waals surface area (Å²) in [5, 5.41) is 0.534. The molecule has 5 nitrogen and oxygen atoms in total. The fourth-order valence-corrected chi connectivity index (χ4v) is 5.09. The Kier molecular flexibility index (Phi) is 8.09. The van der Waals surface area contributed by atoms with Crippen molar-refractivity contribution in [1.29, 1.82) is 0 Å². The van der Waals surface area contributed by atoms with Crippen molar-refractivity contribution < 1.29 is 18.7 Å².